The van der Waals surface area contributed by atoms with Crippen LogP contribution in [0.25, 0.3) is 5.69 Å². The second-order valence-corrected chi connectivity index (χ2v) is 6.81. The number of rotatable bonds is 4. The van der Waals surface area contributed by atoms with E-state index < -0.39 is 12.1 Å². The molecule has 0 bridgehead atoms. The minimum atomic E-state index is -0.802. The molecular weight excluding hydrogens is 356 g/mol. The smallest absolute Gasteiger partial charge is 0.339 e. The summed E-state index contributed by atoms with van der Waals surface area (Å²) in [5.41, 5.74) is 3.24. The number of amides is 1. The molecule has 2 unspecified atom stereocenters. The number of carbonyl (C=O) groups is 2. The maximum Gasteiger partial charge on any atom is 0.339 e. The van der Waals surface area contributed by atoms with Crippen LogP contribution in [-0.4, -0.2) is 44.7 Å². The fourth-order valence-electron chi connectivity index (χ4n) is 3.36. The summed E-state index contributed by atoms with van der Waals surface area (Å²) in [6, 6.07) is 14.8. The van der Waals surface area contributed by atoms with Gasteiger partial charge >= 0.3 is 5.97 Å². The number of hydrogen-bond donors (Lipinski definition) is 0. The minimum absolute atomic E-state index is 0.173. The fraction of sp³-hybridized carbons (Fsp3) is 0.238. The minimum Gasteiger partial charge on any atom is -0.448 e. The summed E-state index contributed by atoms with van der Waals surface area (Å²) >= 11 is 0. The van der Waals surface area contributed by atoms with E-state index in [-0.39, 0.29) is 11.9 Å². The van der Waals surface area contributed by atoms with Crippen molar-refractivity contribution in [1.82, 2.24) is 19.7 Å². The molecule has 1 amide bonds. The number of ether oxygens (including phenoxy) is 1. The third-order valence-electron chi connectivity index (χ3n) is 5.15. The molecular formula is C21H20N4O3. The van der Waals surface area contributed by atoms with E-state index in [1.807, 2.05) is 43.3 Å². The highest BCUT2D eigenvalue weighted by molar-refractivity contribution is 5.95. The molecule has 4 rings (SSSR count). The molecule has 0 N–H and O–H groups in total. The van der Waals surface area contributed by atoms with Crippen LogP contribution in [0.15, 0.2) is 61.2 Å². The summed E-state index contributed by atoms with van der Waals surface area (Å²) in [6.07, 6.45) is 2.70. The van der Waals surface area contributed by atoms with Crippen molar-refractivity contribution in [3.8, 4) is 5.69 Å². The molecule has 0 fully saturated rings. The van der Waals surface area contributed by atoms with Crippen LogP contribution in [0, 0.1) is 0 Å². The lowest BCUT2D eigenvalue weighted by Gasteiger charge is -2.31. The molecule has 0 saturated carbocycles. The number of esters is 1. The van der Waals surface area contributed by atoms with Gasteiger partial charge < -0.3 is 9.64 Å². The average molecular weight is 376 g/mol. The Morgan fingerprint density at radius 3 is 2.68 bits per heavy atom. The molecule has 1 aromatic heterocycles. The number of fused-ring (bicyclic) bond motifs is 1. The molecule has 2 aromatic carbocycles. The van der Waals surface area contributed by atoms with Gasteiger partial charge in [-0.1, -0.05) is 30.3 Å². The lowest BCUT2D eigenvalue weighted by atomic mass is 9.97. The number of nitrogens with zero attached hydrogens (tertiary/aromatic N) is 4. The number of aromatic nitrogens is 3. The Bertz CT molecular complexity index is 999. The normalized spacial score (nSPS) is 16.8. The van der Waals surface area contributed by atoms with Gasteiger partial charge in [0.2, 0.25) is 0 Å². The average Bonchev–Trinajstić information content (AvgIpc) is 3.27. The summed E-state index contributed by atoms with van der Waals surface area (Å²) in [4.78, 5) is 30.7. The largest absolute Gasteiger partial charge is 0.448 e. The molecule has 142 valence electrons. The summed E-state index contributed by atoms with van der Waals surface area (Å²) in [6.45, 7) is 1.95. The summed E-state index contributed by atoms with van der Waals surface area (Å²) in [5.74, 6) is -0.658. The second-order valence-electron chi connectivity index (χ2n) is 6.81. The van der Waals surface area contributed by atoms with E-state index in [0.29, 0.717) is 12.0 Å². The number of carbonyl (C=O) groups excluding carboxylic acids is 2. The fourth-order valence-corrected chi connectivity index (χ4v) is 3.36. The first-order chi connectivity index (χ1) is 13.5. The van der Waals surface area contributed by atoms with Gasteiger partial charge in [0.25, 0.3) is 5.91 Å². The molecule has 1 aliphatic rings. The summed E-state index contributed by atoms with van der Waals surface area (Å²) in [5, 5.41) is 4.10. The molecule has 28 heavy (non-hydrogen) atoms. The van der Waals surface area contributed by atoms with Crippen molar-refractivity contribution in [3.05, 3.63) is 77.9 Å². The van der Waals surface area contributed by atoms with Crippen molar-refractivity contribution in [2.24, 2.45) is 0 Å². The third-order valence-corrected chi connectivity index (χ3v) is 5.15. The summed E-state index contributed by atoms with van der Waals surface area (Å²) < 4.78 is 7.07. The second kappa shape index (κ2) is 7.26. The van der Waals surface area contributed by atoms with Gasteiger partial charge in [-0.2, -0.15) is 5.10 Å². The SMILES string of the molecule is CC(c1ccc(-n2cncn2)cc1)N(C)C(=O)C1Cc2ccccc2C(=O)O1. The van der Waals surface area contributed by atoms with E-state index in [9.17, 15) is 9.59 Å². The van der Waals surface area contributed by atoms with E-state index in [0.717, 1.165) is 16.8 Å². The molecule has 7 nitrogen and oxygen atoms in total. The van der Waals surface area contributed by atoms with Gasteiger partial charge in [-0.3, -0.25) is 4.79 Å². The van der Waals surface area contributed by atoms with Crippen molar-refractivity contribution in [3.63, 3.8) is 0 Å². The molecule has 1 aliphatic heterocycles. The quantitative estimate of drug-likeness (QED) is 0.654. The van der Waals surface area contributed by atoms with Crippen molar-refractivity contribution < 1.29 is 14.3 Å². The molecule has 3 aromatic rings. The molecule has 0 radical (unpaired) electrons. The zero-order chi connectivity index (χ0) is 19.7. The van der Waals surface area contributed by atoms with Gasteiger partial charge in [-0.05, 0) is 36.2 Å². The van der Waals surface area contributed by atoms with Crippen molar-refractivity contribution in [1.29, 1.82) is 0 Å². The molecule has 0 spiro atoms. The Balaban J connectivity index is 1.48. The Kier molecular flexibility index (Phi) is 4.65. The van der Waals surface area contributed by atoms with E-state index in [2.05, 4.69) is 10.1 Å². The van der Waals surface area contributed by atoms with Crippen LogP contribution in [0.2, 0.25) is 0 Å². The van der Waals surface area contributed by atoms with Gasteiger partial charge in [0.15, 0.2) is 6.10 Å². The number of benzene rings is 2. The predicted molar refractivity (Wildman–Crippen MR) is 102 cm³/mol. The van der Waals surface area contributed by atoms with E-state index >= 15 is 0 Å². The Hall–Kier alpha value is -3.48. The number of hydrogen-bond acceptors (Lipinski definition) is 5. The number of cyclic esters (lactones) is 1. The first-order valence-electron chi connectivity index (χ1n) is 9.05. The Morgan fingerprint density at radius 1 is 1.21 bits per heavy atom. The lowest BCUT2D eigenvalue weighted by molar-refractivity contribution is -0.141. The van der Waals surface area contributed by atoms with Crippen LogP contribution in [-0.2, 0) is 16.0 Å². The maximum absolute atomic E-state index is 12.9. The molecule has 7 heteroatoms. The Labute approximate surface area is 162 Å². The molecule has 0 aliphatic carbocycles. The molecule has 2 atom stereocenters. The van der Waals surface area contributed by atoms with Crippen LogP contribution in [0.3, 0.4) is 0 Å². The van der Waals surface area contributed by atoms with Crippen molar-refractivity contribution in [2.75, 3.05) is 7.05 Å². The van der Waals surface area contributed by atoms with Crippen LogP contribution in [0.1, 0.15) is 34.5 Å². The third kappa shape index (κ3) is 3.26. The zero-order valence-corrected chi connectivity index (χ0v) is 15.6. The molecule has 2 heterocycles. The van der Waals surface area contributed by atoms with Gasteiger partial charge in [0.1, 0.15) is 12.7 Å². The van der Waals surface area contributed by atoms with Crippen LogP contribution in [0.5, 0.6) is 0 Å². The van der Waals surface area contributed by atoms with Crippen LogP contribution >= 0.6 is 0 Å². The highest BCUT2D eigenvalue weighted by Gasteiger charge is 2.34. The standard InChI is InChI=1S/C21H20N4O3/c1-14(15-7-9-17(10-8-15)25-13-22-12-23-25)24(2)20(26)19-11-16-5-3-4-6-18(16)21(27)28-19/h3-10,12-14,19H,11H2,1-2H3. The van der Waals surface area contributed by atoms with E-state index in [1.165, 1.54) is 6.33 Å². The first-order valence-corrected chi connectivity index (χ1v) is 9.05. The lowest BCUT2D eigenvalue weighted by Crippen LogP contribution is -2.43. The van der Waals surface area contributed by atoms with E-state index in [1.54, 1.807) is 35.1 Å². The van der Waals surface area contributed by atoms with Gasteiger partial charge in [0.05, 0.1) is 17.3 Å². The van der Waals surface area contributed by atoms with Crippen LogP contribution < -0.4 is 0 Å². The Morgan fingerprint density at radius 2 is 1.96 bits per heavy atom. The molecule has 0 saturated heterocycles. The van der Waals surface area contributed by atoms with Crippen LogP contribution in [0.4, 0.5) is 0 Å². The van der Waals surface area contributed by atoms with Gasteiger partial charge in [0, 0.05) is 13.5 Å². The highest BCUT2D eigenvalue weighted by Crippen LogP contribution is 2.25. The van der Waals surface area contributed by atoms with Gasteiger partial charge in [-0.25, -0.2) is 14.5 Å². The summed E-state index contributed by atoms with van der Waals surface area (Å²) in [7, 11) is 1.73. The number of likely N-dealkylation sites (N-methyl/N-ethyl adjacent to an activating group) is 1. The maximum atomic E-state index is 12.9. The van der Waals surface area contributed by atoms with Gasteiger partial charge in [-0.15, -0.1) is 0 Å². The van der Waals surface area contributed by atoms with E-state index in [4.69, 9.17) is 4.74 Å². The first kappa shape index (κ1) is 17.9. The predicted octanol–water partition coefficient (Wildman–Crippen LogP) is 2.57. The topological polar surface area (TPSA) is 77.3 Å². The highest BCUT2D eigenvalue weighted by atomic mass is 16.5. The monoisotopic (exact) mass is 376 g/mol. The van der Waals surface area contributed by atoms with Crippen molar-refractivity contribution in [2.45, 2.75) is 25.5 Å². The zero-order valence-electron chi connectivity index (χ0n) is 15.6. The van der Waals surface area contributed by atoms with Crippen molar-refractivity contribution >= 4 is 11.9 Å².